The van der Waals surface area contributed by atoms with Crippen LogP contribution in [0.5, 0.6) is 0 Å². The number of anilines is 2. The number of hydrogen-bond donors (Lipinski definition) is 1. The van der Waals surface area contributed by atoms with Gasteiger partial charge in [-0.3, -0.25) is 10.3 Å². The van der Waals surface area contributed by atoms with E-state index in [1.54, 1.807) is 31.6 Å². The van der Waals surface area contributed by atoms with E-state index in [0.29, 0.717) is 12.4 Å². The Morgan fingerprint density at radius 3 is 2.68 bits per heavy atom. The van der Waals surface area contributed by atoms with Crippen LogP contribution >= 0.6 is 0 Å². The van der Waals surface area contributed by atoms with Crippen LogP contribution < -0.4 is 10.2 Å². The van der Waals surface area contributed by atoms with Crippen LogP contribution in [0.15, 0.2) is 42.9 Å². The first-order valence-corrected chi connectivity index (χ1v) is 7.19. The summed E-state index contributed by atoms with van der Waals surface area (Å²) in [7, 11) is 2.01. The highest BCUT2D eigenvalue weighted by molar-refractivity contribution is 5.83. The van der Waals surface area contributed by atoms with E-state index < -0.39 is 6.09 Å². The number of carbonyl (C=O) groups is 1. The Balaban J connectivity index is 1.88. The third-order valence-corrected chi connectivity index (χ3v) is 3.18. The molecule has 2 heterocycles. The Bertz CT molecular complexity index is 587. The lowest BCUT2D eigenvalue weighted by Gasteiger charge is -2.19. The van der Waals surface area contributed by atoms with Crippen molar-refractivity contribution in [3.63, 3.8) is 0 Å². The van der Waals surface area contributed by atoms with Crippen LogP contribution in [0, 0.1) is 0 Å². The first-order valence-electron chi connectivity index (χ1n) is 7.19. The van der Waals surface area contributed by atoms with Crippen LogP contribution in [0.25, 0.3) is 0 Å². The summed E-state index contributed by atoms with van der Waals surface area (Å²) >= 11 is 0. The molecule has 2 aromatic heterocycles. The first kappa shape index (κ1) is 15.8. The zero-order chi connectivity index (χ0) is 15.8. The van der Waals surface area contributed by atoms with Gasteiger partial charge in [0, 0.05) is 26.0 Å². The molecule has 0 saturated heterocycles. The van der Waals surface area contributed by atoms with Gasteiger partial charge in [0.25, 0.3) is 0 Å². The maximum absolute atomic E-state index is 11.3. The minimum atomic E-state index is -0.492. The molecule has 6 nitrogen and oxygen atoms in total. The van der Waals surface area contributed by atoms with E-state index in [4.69, 9.17) is 4.74 Å². The molecular formula is C16H20N4O2. The Labute approximate surface area is 130 Å². The van der Waals surface area contributed by atoms with Crippen molar-refractivity contribution >= 4 is 17.6 Å². The van der Waals surface area contributed by atoms with Gasteiger partial charge in [0.1, 0.15) is 5.82 Å². The van der Waals surface area contributed by atoms with Crippen molar-refractivity contribution in [1.29, 1.82) is 0 Å². The van der Waals surface area contributed by atoms with Gasteiger partial charge < -0.3 is 9.64 Å². The van der Waals surface area contributed by atoms with Crippen molar-refractivity contribution in [2.24, 2.45) is 0 Å². The van der Waals surface area contributed by atoms with Gasteiger partial charge in [-0.15, -0.1) is 0 Å². The normalized spacial score (nSPS) is 10.1. The lowest BCUT2D eigenvalue weighted by Crippen LogP contribution is -2.20. The summed E-state index contributed by atoms with van der Waals surface area (Å²) in [5.74, 6) is 0.477. The van der Waals surface area contributed by atoms with Gasteiger partial charge in [-0.25, -0.2) is 9.78 Å². The van der Waals surface area contributed by atoms with Crippen LogP contribution in [0.1, 0.15) is 12.5 Å². The molecule has 2 aromatic rings. The molecule has 0 aromatic carbocycles. The minimum Gasteiger partial charge on any atom is -0.450 e. The molecule has 0 atom stereocenters. The minimum absolute atomic E-state index is 0.335. The molecule has 116 valence electrons. The van der Waals surface area contributed by atoms with Crippen molar-refractivity contribution in [3.8, 4) is 0 Å². The number of pyridine rings is 2. The summed E-state index contributed by atoms with van der Waals surface area (Å²) in [4.78, 5) is 21.6. The first-order chi connectivity index (χ1) is 10.7. The number of amides is 1. The van der Waals surface area contributed by atoms with E-state index in [1.807, 2.05) is 25.2 Å². The molecule has 1 amide bonds. The van der Waals surface area contributed by atoms with E-state index in [-0.39, 0.29) is 0 Å². The molecule has 6 heteroatoms. The molecule has 0 fully saturated rings. The topological polar surface area (TPSA) is 67.3 Å². The summed E-state index contributed by atoms with van der Waals surface area (Å²) in [5.41, 5.74) is 2.24. The van der Waals surface area contributed by atoms with E-state index in [2.05, 4.69) is 20.2 Å². The Kier molecular flexibility index (Phi) is 5.71. The lowest BCUT2D eigenvalue weighted by atomic mass is 10.2. The predicted octanol–water partition coefficient (Wildman–Crippen LogP) is 2.72. The number of hydrogen-bond acceptors (Lipinski definition) is 5. The standard InChI is InChI=1S/C16H20N4O2/c1-3-22-16(21)19-15-5-4-14(12-18-15)20(2)11-8-13-6-9-17-10-7-13/h4-7,9-10,12H,3,8,11H2,1-2H3,(H,18,19,21). The van der Waals surface area contributed by atoms with Crippen LogP contribution in [-0.2, 0) is 11.2 Å². The van der Waals surface area contributed by atoms with Gasteiger partial charge in [-0.2, -0.15) is 0 Å². The monoisotopic (exact) mass is 300 g/mol. The number of nitrogens with one attached hydrogen (secondary N) is 1. The average molecular weight is 300 g/mol. The molecule has 0 radical (unpaired) electrons. The number of carbonyl (C=O) groups excluding carboxylic acids is 1. The van der Waals surface area contributed by atoms with Crippen LogP contribution in [0.3, 0.4) is 0 Å². The van der Waals surface area contributed by atoms with E-state index in [0.717, 1.165) is 18.7 Å². The van der Waals surface area contributed by atoms with Crippen LogP contribution in [0.4, 0.5) is 16.3 Å². The van der Waals surface area contributed by atoms with Crippen LogP contribution in [-0.4, -0.2) is 36.3 Å². The van der Waals surface area contributed by atoms with Gasteiger partial charge in [0.05, 0.1) is 18.5 Å². The van der Waals surface area contributed by atoms with Gasteiger partial charge >= 0.3 is 6.09 Å². The molecule has 1 N–H and O–H groups in total. The number of aromatic nitrogens is 2. The Morgan fingerprint density at radius 1 is 1.27 bits per heavy atom. The maximum Gasteiger partial charge on any atom is 0.412 e. The molecule has 0 aliphatic rings. The second-order valence-electron chi connectivity index (χ2n) is 4.77. The SMILES string of the molecule is CCOC(=O)Nc1ccc(N(C)CCc2ccncc2)cn1. The highest BCUT2D eigenvalue weighted by Crippen LogP contribution is 2.14. The molecule has 0 saturated carbocycles. The molecule has 0 spiro atoms. The van der Waals surface area contributed by atoms with Crippen LogP contribution in [0.2, 0.25) is 0 Å². The largest absolute Gasteiger partial charge is 0.450 e. The zero-order valence-corrected chi connectivity index (χ0v) is 12.8. The Morgan fingerprint density at radius 2 is 2.05 bits per heavy atom. The molecule has 0 unspecified atom stereocenters. The average Bonchev–Trinajstić information content (AvgIpc) is 2.54. The smallest absolute Gasteiger partial charge is 0.412 e. The third kappa shape index (κ3) is 4.73. The second-order valence-corrected chi connectivity index (χ2v) is 4.77. The van der Waals surface area contributed by atoms with Crippen molar-refractivity contribution in [2.45, 2.75) is 13.3 Å². The number of ether oxygens (including phenoxy) is 1. The third-order valence-electron chi connectivity index (χ3n) is 3.18. The van der Waals surface area contributed by atoms with Gasteiger partial charge in [0.2, 0.25) is 0 Å². The van der Waals surface area contributed by atoms with E-state index in [1.165, 1.54) is 5.56 Å². The summed E-state index contributed by atoms with van der Waals surface area (Å²) in [5, 5.41) is 2.57. The van der Waals surface area contributed by atoms with Crippen molar-refractivity contribution < 1.29 is 9.53 Å². The van der Waals surface area contributed by atoms with Crippen molar-refractivity contribution in [1.82, 2.24) is 9.97 Å². The molecule has 22 heavy (non-hydrogen) atoms. The second kappa shape index (κ2) is 7.97. The highest BCUT2D eigenvalue weighted by atomic mass is 16.5. The fraction of sp³-hybridized carbons (Fsp3) is 0.312. The zero-order valence-electron chi connectivity index (χ0n) is 12.8. The summed E-state index contributed by atoms with van der Waals surface area (Å²) in [6, 6.07) is 7.70. The lowest BCUT2D eigenvalue weighted by molar-refractivity contribution is 0.168. The molecule has 0 aliphatic heterocycles. The number of nitrogens with zero attached hydrogens (tertiary/aromatic N) is 3. The highest BCUT2D eigenvalue weighted by Gasteiger charge is 2.05. The van der Waals surface area contributed by atoms with Crippen molar-refractivity contribution in [2.75, 3.05) is 30.4 Å². The van der Waals surface area contributed by atoms with E-state index >= 15 is 0 Å². The summed E-state index contributed by atoms with van der Waals surface area (Å²) < 4.78 is 4.81. The molecule has 0 aliphatic carbocycles. The maximum atomic E-state index is 11.3. The number of rotatable bonds is 6. The fourth-order valence-electron chi connectivity index (χ4n) is 1.93. The summed E-state index contributed by atoms with van der Waals surface area (Å²) in [6.07, 6.45) is 5.77. The molecular weight excluding hydrogens is 280 g/mol. The quantitative estimate of drug-likeness (QED) is 0.888. The molecule has 0 bridgehead atoms. The molecule has 2 rings (SSSR count). The van der Waals surface area contributed by atoms with Gasteiger partial charge in [-0.1, -0.05) is 0 Å². The van der Waals surface area contributed by atoms with Crippen molar-refractivity contribution in [3.05, 3.63) is 48.4 Å². The van der Waals surface area contributed by atoms with E-state index in [9.17, 15) is 4.79 Å². The van der Waals surface area contributed by atoms with Gasteiger partial charge in [-0.05, 0) is 43.2 Å². The van der Waals surface area contributed by atoms with Gasteiger partial charge in [0.15, 0.2) is 0 Å². The Hall–Kier alpha value is -2.63. The number of likely N-dealkylation sites (N-methyl/N-ethyl adjacent to an activating group) is 1. The fourth-order valence-corrected chi connectivity index (χ4v) is 1.93. The predicted molar refractivity (Wildman–Crippen MR) is 86.1 cm³/mol. The summed E-state index contributed by atoms with van der Waals surface area (Å²) in [6.45, 7) is 2.96.